The maximum absolute atomic E-state index is 5.26. The lowest BCUT2D eigenvalue weighted by Gasteiger charge is -2.26. The van der Waals surface area contributed by atoms with Crippen molar-refractivity contribution in [3.05, 3.63) is 218 Å². The van der Waals surface area contributed by atoms with Gasteiger partial charge in [-0.05, 0) is 93.7 Å². The highest BCUT2D eigenvalue weighted by molar-refractivity contribution is 6.10. The summed E-state index contributed by atoms with van der Waals surface area (Å²) in [4.78, 5) is 12.8. The first-order valence-electron chi connectivity index (χ1n) is 19.7. The Balaban J connectivity index is 1.02. The van der Waals surface area contributed by atoms with Crippen molar-refractivity contribution in [2.24, 2.45) is 0 Å². The predicted molar refractivity (Wildman–Crippen MR) is 242 cm³/mol. The molecule has 0 radical (unpaired) electrons. The summed E-state index contributed by atoms with van der Waals surface area (Å²) in [5, 5.41) is 5.78. The standard InChI is InChI=1S/C54H36N4/c1-3-14-37(15-4-1)42-20-13-21-45(34-42)57(46-32-28-38-16-7-8-19-41(38)35-46)44-30-26-39(27-31-44)43-29-33-52-49(36-43)47-22-10-12-25-51(47)58(52)54-55-50-24-11-9-23-48(50)53(56-54)40-17-5-2-6-18-40/h1-36H. The lowest BCUT2D eigenvalue weighted by molar-refractivity contribution is 1.01. The summed E-state index contributed by atoms with van der Waals surface area (Å²) < 4.78 is 2.21. The summed E-state index contributed by atoms with van der Waals surface area (Å²) in [5.41, 5.74) is 13.0. The summed E-state index contributed by atoms with van der Waals surface area (Å²) in [7, 11) is 0. The van der Waals surface area contributed by atoms with Gasteiger partial charge >= 0.3 is 0 Å². The van der Waals surface area contributed by atoms with E-state index >= 15 is 0 Å². The largest absolute Gasteiger partial charge is 0.310 e. The molecular formula is C54H36N4. The third kappa shape index (κ3) is 5.87. The van der Waals surface area contributed by atoms with Crippen LogP contribution in [0, 0.1) is 0 Å². The van der Waals surface area contributed by atoms with E-state index < -0.39 is 0 Å². The van der Waals surface area contributed by atoms with Gasteiger partial charge in [-0.1, -0.05) is 158 Å². The van der Waals surface area contributed by atoms with Crippen molar-refractivity contribution in [1.29, 1.82) is 0 Å². The first-order chi connectivity index (χ1) is 28.7. The minimum Gasteiger partial charge on any atom is -0.310 e. The Labute approximate surface area is 336 Å². The molecule has 2 heterocycles. The molecule has 11 rings (SSSR count). The van der Waals surface area contributed by atoms with E-state index in [2.05, 4.69) is 216 Å². The van der Waals surface area contributed by atoms with Crippen molar-refractivity contribution in [3.8, 4) is 39.5 Å². The number of para-hydroxylation sites is 2. The third-order valence-corrected chi connectivity index (χ3v) is 11.2. The Bertz CT molecular complexity index is 3280. The SMILES string of the molecule is c1ccc(-c2cccc(N(c3ccc(-c4ccc5c(c4)c4ccccc4n5-c4nc(-c5ccccc5)c5ccccc5n4)cc3)c3ccc4ccccc4c3)c2)cc1. The van der Waals surface area contributed by atoms with Crippen LogP contribution in [0.3, 0.4) is 0 Å². The molecule has 0 bridgehead atoms. The van der Waals surface area contributed by atoms with Gasteiger partial charge in [0.25, 0.3) is 0 Å². The smallest absolute Gasteiger partial charge is 0.235 e. The number of fused-ring (bicyclic) bond motifs is 5. The number of anilines is 3. The van der Waals surface area contributed by atoms with E-state index in [0.717, 1.165) is 72.2 Å². The van der Waals surface area contributed by atoms with Crippen LogP contribution in [0.5, 0.6) is 0 Å². The van der Waals surface area contributed by atoms with Gasteiger partial charge in [0, 0.05) is 38.8 Å². The van der Waals surface area contributed by atoms with E-state index in [0.29, 0.717) is 5.95 Å². The first kappa shape index (κ1) is 33.5. The van der Waals surface area contributed by atoms with Gasteiger partial charge in [0.1, 0.15) is 0 Å². The molecule has 0 saturated heterocycles. The minimum atomic E-state index is 0.658. The Morgan fingerprint density at radius 3 is 1.74 bits per heavy atom. The highest BCUT2D eigenvalue weighted by Crippen LogP contribution is 2.40. The van der Waals surface area contributed by atoms with Gasteiger partial charge in [-0.15, -0.1) is 0 Å². The summed E-state index contributed by atoms with van der Waals surface area (Å²) in [6, 6.07) is 77.6. The molecule has 0 fully saturated rings. The fourth-order valence-corrected chi connectivity index (χ4v) is 8.37. The molecule has 4 heteroatoms. The molecule has 0 N–H and O–H groups in total. The third-order valence-electron chi connectivity index (χ3n) is 11.2. The van der Waals surface area contributed by atoms with Crippen LogP contribution < -0.4 is 4.90 Å². The molecule has 0 aliphatic heterocycles. The van der Waals surface area contributed by atoms with Crippen molar-refractivity contribution in [3.63, 3.8) is 0 Å². The molecule has 0 spiro atoms. The normalized spacial score (nSPS) is 11.4. The van der Waals surface area contributed by atoms with Gasteiger partial charge in [0.15, 0.2) is 0 Å². The van der Waals surface area contributed by atoms with Gasteiger partial charge in [-0.2, -0.15) is 0 Å². The fraction of sp³-hybridized carbons (Fsp3) is 0. The summed E-state index contributed by atoms with van der Waals surface area (Å²) in [6.07, 6.45) is 0. The maximum atomic E-state index is 5.26. The van der Waals surface area contributed by atoms with E-state index in [9.17, 15) is 0 Å². The summed E-state index contributed by atoms with van der Waals surface area (Å²) in [6.45, 7) is 0. The highest BCUT2D eigenvalue weighted by atomic mass is 15.2. The number of hydrogen-bond acceptors (Lipinski definition) is 3. The molecular weight excluding hydrogens is 705 g/mol. The van der Waals surface area contributed by atoms with Crippen molar-refractivity contribution >= 4 is 60.5 Å². The van der Waals surface area contributed by atoms with Crippen LogP contribution in [0.2, 0.25) is 0 Å². The summed E-state index contributed by atoms with van der Waals surface area (Å²) >= 11 is 0. The van der Waals surface area contributed by atoms with E-state index in [1.54, 1.807) is 0 Å². The van der Waals surface area contributed by atoms with Crippen molar-refractivity contribution < 1.29 is 0 Å². The minimum absolute atomic E-state index is 0.658. The Morgan fingerprint density at radius 1 is 0.328 bits per heavy atom. The highest BCUT2D eigenvalue weighted by Gasteiger charge is 2.19. The van der Waals surface area contributed by atoms with Crippen LogP contribution in [0.25, 0.3) is 82.9 Å². The van der Waals surface area contributed by atoms with E-state index in [4.69, 9.17) is 9.97 Å². The maximum Gasteiger partial charge on any atom is 0.235 e. The van der Waals surface area contributed by atoms with Crippen molar-refractivity contribution in [2.75, 3.05) is 4.90 Å². The Kier molecular flexibility index (Phi) is 8.11. The zero-order valence-electron chi connectivity index (χ0n) is 31.6. The molecule has 0 aliphatic carbocycles. The van der Waals surface area contributed by atoms with Gasteiger partial charge < -0.3 is 4.90 Å². The average molecular weight is 741 g/mol. The molecule has 0 aliphatic rings. The van der Waals surface area contributed by atoms with Crippen LogP contribution in [-0.4, -0.2) is 14.5 Å². The van der Waals surface area contributed by atoms with Gasteiger partial charge in [-0.3, -0.25) is 4.57 Å². The second-order valence-corrected chi connectivity index (χ2v) is 14.7. The molecule has 58 heavy (non-hydrogen) atoms. The number of nitrogens with zero attached hydrogens (tertiary/aromatic N) is 4. The monoisotopic (exact) mass is 740 g/mol. The molecule has 0 amide bonds. The lowest BCUT2D eigenvalue weighted by Crippen LogP contribution is -2.10. The van der Waals surface area contributed by atoms with Crippen LogP contribution in [-0.2, 0) is 0 Å². The Hall–Kier alpha value is -7.82. The zero-order valence-corrected chi connectivity index (χ0v) is 31.6. The van der Waals surface area contributed by atoms with Crippen molar-refractivity contribution in [2.45, 2.75) is 0 Å². The molecule has 11 aromatic rings. The molecule has 0 saturated carbocycles. The number of aromatic nitrogens is 3. The van der Waals surface area contributed by atoms with Crippen LogP contribution in [0.1, 0.15) is 0 Å². The Morgan fingerprint density at radius 2 is 0.914 bits per heavy atom. The lowest BCUT2D eigenvalue weighted by atomic mass is 10.0. The van der Waals surface area contributed by atoms with Crippen molar-refractivity contribution in [1.82, 2.24) is 14.5 Å². The quantitative estimate of drug-likeness (QED) is 0.163. The number of benzene rings is 9. The second-order valence-electron chi connectivity index (χ2n) is 14.7. The second kappa shape index (κ2) is 14.0. The van der Waals surface area contributed by atoms with E-state index in [1.807, 2.05) is 12.1 Å². The molecule has 2 aromatic heterocycles. The fourth-order valence-electron chi connectivity index (χ4n) is 8.37. The molecule has 9 aromatic carbocycles. The molecule has 4 nitrogen and oxygen atoms in total. The van der Waals surface area contributed by atoms with Gasteiger partial charge in [0.05, 0.1) is 22.2 Å². The van der Waals surface area contributed by atoms with E-state index in [-0.39, 0.29) is 0 Å². The molecule has 0 unspecified atom stereocenters. The number of hydrogen-bond donors (Lipinski definition) is 0. The molecule has 272 valence electrons. The topological polar surface area (TPSA) is 34.0 Å². The summed E-state index contributed by atoms with van der Waals surface area (Å²) in [5.74, 6) is 0.658. The van der Waals surface area contributed by atoms with Crippen LogP contribution in [0.4, 0.5) is 17.1 Å². The van der Waals surface area contributed by atoms with Gasteiger partial charge in [-0.25, -0.2) is 9.97 Å². The predicted octanol–water partition coefficient (Wildman–Crippen LogP) is 14.4. The number of rotatable bonds is 7. The van der Waals surface area contributed by atoms with Crippen LogP contribution in [0.15, 0.2) is 218 Å². The average Bonchev–Trinajstić information content (AvgIpc) is 3.63. The van der Waals surface area contributed by atoms with Gasteiger partial charge in [0.2, 0.25) is 5.95 Å². The van der Waals surface area contributed by atoms with E-state index in [1.165, 1.54) is 21.9 Å². The first-order valence-corrected chi connectivity index (χ1v) is 19.7. The molecule has 0 atom stereocenters. The van der Waals surface area contributed by atoms with Crippen LogP contribution >= 0.6 is 0 Å². The zero-order chi connectivity index (χ0) is 38.4.